The highest BCUT2D eigenvalue weighted by atomic mass is 16.2. The van der Waals surface area contributed by atoms with Crippen molar-refractivity contribution in [1.29, 1.82) is 0 Å². The lowest BCUT2D eigenvalue weighted by Gasteiger charge is -2.18. The summed E-state index contributed by atoms with van der Waals surface area (Å²) in [5, 5.41) is 5.30. The molecular formula is C10H10N2O2. The number of fused-ring (bicyclic) bond motifs is 1. The van der Waals surface area contributed by atoms with Crippen molar-refractivity contribution >= 4 is 17.5 Å². The van der Waals surface area contributed by atoms with Gasteiger partial charge in [0, 0.05) is 17.8 Å². The molecule has 0 unspecified atom stereocenters. The number of benzene rings is 1. The Morgan fingerprint density at radius 2 is 2.21 bits per heavy atom. The maximum absolute atomic E-state index is 11.1. The summed E-state index contributed by atoms with van der Waals surface area (Å²) in [6.45, 7) is 2.02. The Morgan fingerprint density at radius 1 is 1.43 bits per heavy atom. The van der Waals surface area contributed by atoms with E-state index in [9.17, 15) is 9.59 Å². The van der Waals surface area contributed by atoms with E-state index in [0.717, 1.165) is 11.3 Å². The monoisotopic (exact) mass is 190 g/mol. The molecule has 0 saturated carbocycles. The zero-order chi connectivity index (χ0) is 10.1. The minimum atomic E-state index is -0.224. The van der Waals surface area contributed by atoms with E-state index in [1.54, 1.807) is 12.1 Å². The van der Waals surface area contributed by atoms with Crippen LogP contribution >= 0.6 is 0 Å². The number of carbonyl (C=O) groups excluding carboxylic acids is 2. The number of Topliss-reactive ketones (excluding diaryl/α,β-unsaturated/α-hetero) is 1. The molecule has 1 aliphatic heterocycles. The summed E-state index contributed by atoms with van der Waals surface area (Å²) in [5.74, 6) is 0.000539. The van der Waals surface area contributed by atoms with Crippen LogP contribution in [0.25, 0.3) is 0 Å². The molecule has 0 spiro atoms. The van der Waals surface area contributed by atoms with Crippen LogP contribution in [0.5, 0.6) is 0 Å². The molecule has 0 fully saturated rings. The van der Waals surface area contributed by atoms with Crippen molar-refractivity contribution in [2.24, 2.45) is 0 Å². The van der Waals surface area contributed by atoms with Gasteiger partial charge in [-0.1, -0.05) is 12.1 Å². The van der Waals surface area contributed by atoms with E-state index in [2.05, 4.69) is 10.6 Å². The number of anilines is 1. The van der Waals surface area contributed by atoms with Crippen molar-refractivity contribution in [3.8, 4) is 0 Å². The van der Waals surface area contributed by atoms with Crippen LogP contribution in [-0.2, 0) is 6.54 Å². The zero-order valence-corrected chi connectivity index (χ0v) is 7.76. The van der Waals surface area contributed by atoms with Crippen LogP contribution in [0.1, 0.15) is 22.8 Å². The number of nitrogens with one attached hydrogen (secondary N) is 2. The normalized spacial score (nSPS) is 13.9. The van der Waals surface area contributed by atoms with Crippen LogP contribution in [0.15, 0.2) is 18.2 Å². The van der Waals surface area contributed by atoms with Crippen molar-refractivity contribution in [3.63, 3.8) is 0 Å². The average molecular weight is 190 g/mol. The number of carbonyl (C=O) groups is 2. The molecule has 0 radical (unpaired) electrons. The number of hydrogen-bond acceptors (Lipinski definition) is 2. The standard InChI is InChI=1S/C10H10N2O2/c1-6(13)7-2-3-8-5-11-10(14)12-9(8)4-7/h2-4H,5H2,1H3,(H2,11,12,14). The fourth-order valence-electron chi connectivity index (χ4n) is 1.41. The molecule has 2 N–H and O–H groups in total. The maximum atomic E-state index is 11.1. The first-order valence-electron chi connectivity index (χ1n) is 4.35. The van der Waals surface area contributed by atoms with Crippen molar-refractivity contribution in [1.82, 2.24) is 5.32 Å². The first kappa shape index (κ1) is 8.74. The lowest BCUT2D eigenvalue weighted by molar-refractivity contribution is 0.101. The van der Waals surface area contributed by atoms with Crippen LogP contribution in [0.4, 0.5) is 10.5 Å². The summed E-state index contributed by atoms with van der Waals surface area (Å²) in [5.41, 5.74) is 2.34. The molecule has 0 aromatic heterocycles. The maximum Gasteiger partial charge on any atom is 0.319 e. The van der Waals surface area contributed by atoms with Gasteiger partial charge in [-0.25, -0.2) is 4.79 Å². The van der Waals surface area contributed by atoms with Crippen molar-refractivity contribution < 1.29 is 9.59 Å². The predicted octanol–water partition coefficient (Wildman–Crippen LogP) is 1.52. The average Bonchev–Trinajstić information content (AvgIpc) is 2.16. The van der Waals surface area contributed by atoms with Crippen LogP contribution in [0.3, 0.4) is 0 Å². The molecule has 4 heteroatoms. The molecule has 0 atom stereocenters. The molecule has 0 saturated heterocycles. The van der Waals surface area contributed by atoms with Gasteiger partial charge < -0.3 is 10.6 Å². The third-order valence-electron chi connectivity index (χ3n) is 2.20. The van der Waals surface area contributed by atoms with Gasteiger partial charge in [-0.15, -0.1) is 0 Å². The Morgan fingerprint density at radius 3 is 2.93 bits per heavy atom. The van der Waals surface area contributed by atoms with Gasteiger partial charge in [-0.3, -0.25) is 4.79 Å². The highest BCUT2D eigenvalue weighted by Gasteiger charge is 2.14. The van der Waals surface area contributed by atoms with Crippen LogP contribution in [0, 0.1) is 0 Å². The van der Waals surface area contributed by atoms with E-state index in [1.165, 1.54) is 6.92 Å². The fourth-order valence-corrected chi connectivity index (χ4v) is 1.41. The number of rotatable bonds is 1. The lowest BCUT2D eigenvalue weighted by atomic mass is 10.1. The highest BCUT2D eigenvalue weighted by molar-refractivity contribution is 5.98. The number of urea groups is 1. The van der Waals surface area contributed by atoms with Gasteiger partial charge in [-0.05, 0) is 18.6 Å². The minimum Gasteiger partial charge on any atom is -0.334 e. The molecule has 14 heavy (non-hydrogen) atoms. The molecular weight excluding hydrogens is 180 g/mol. The van der Waals surface area contributed by atoms with E-state index in [-0.39, 0.29) is 11.8 Å². The zero-order valence-electron chi connectivity index (χ0n) is 7.76. The second-order valence-electron chi connectivity index (χ2n) is 3.24. The predicted molar refractivity (Wildman–Crippen MR) is 52.3 cm³/mol. The Bertz CT molecular complexity index is 413. The third kappa shape index (κ3) is 1.46. The molecule has 1 aromatic rings. The van der Waals surface area contributed by atoms with Crippen molar-refractivity contribution in [2.75, 3.05) is 5.32 Å². The topological polar surface area (TPSA) is 58.2 Å². The first-order valence-corrected chi connectivity index (χ1v) is 4.35. The van der Waals surface area contributed by atoms with Gasteiger partial charge in [0.1, 0.15) is 0 Å². The Balaban J connectivity index is 2.42. The smallest absolute Gasteiger partial charge is 0.319 e. The van der Waals surface area contributed by atoms with Gasteiger partial charge in [0.05, 0.1) is 0 Å². The summed E-state index contributed by atoms with van der Waals surface area (Å²) in [4.78, 5) is 22.1. The molecule has 4 nitrogen and oxygen atoms in total. The molecule has 1 aliphatic rings. The molecule has 2 rings (SSSR count). The second kappa shape index (κ2) is 3.14. The Labute approximate surface area is 81.3 Å². The van der Waals surface area contributed by atoms with Crippen LogP contribution in [-0.4, -0.2) is 11.8 Å². The minimum absolute atomic E-state index is 0.000539. The molecule has 72 valence electrons. The number of hydrogen-bond donors (Lipinski definition) is 2. The van der Waals surface area contributed by atoms with E-state index < -0.39 is 0 Å². The largest absolute Gasteiger partial charge is 0.334 e. The Kier molecular flexibility index (Phi) is 1.96. The summed E-state index contributed by atoms with van der Waals surface area (Å²) < 4.78 is 0. The van der Waals surface area contributed by atoms with Crippen molar-refractivity contribution in [2.45, 2.75) is 13.5 Å². The number of amides is 2. The fraction of sp³-hybridized carbons (Fsp3) is 0.200. The van der Waals surface area contributed by atoms with E-state index in [4.69, 9.17) is 0 Å². The summed E-state index contributed by atoms with van der Waals surface area (Å²) in [7, 11) is 0. The quantitative estimate of drug-likeness (QED) is 0.659. The van der Waals surface area contributed by atoms with E-state index >= 15 is 0 Å². The molecule has 0 bridgehead atoms. The van der Waals surface area contributed by atoms with Gasteiger partial charge >= 0.3 is 6.03 Å². The highest BCUT2D eigenvalue weighted by Crippen LogP contribution is 2.20. The van der Waals surface area contributed by atoms with Crippen LogP contribution in [0.2, 0.25) is 0 Å². The van der Waals surface area contributed by atoms with Gasteiger partial charge in [-0.2, -0.15) is 0 Å². The van der Waals surface area contributed by atoms with E-state index in [1.807, 2.05) is 6.07 Å². The molecule has 0 aliphatic carbocycles. The lowest BCUT2D eigenvalue weighted by Crippen LogP contribution is -2.33. The first-order chi connectivity index (χ1) is 6.66. The van der Waals surface area contributed by atoms with Crippen LogP contribution < -0.4 is 10.6 Å². The molecule has 1 heterocycles. The number of ketones is 1. The van der Waals surface area contributed by atoms with E-state index in [0.29, 0.717) is 12.1 Å². The van der Waals surface area contributed by atoms with Gasteiger partial charge in [0.2, 0.25) is 0 Å². The Hall–Kier alpha value is -1.84. The van der Waals surface area contributed by atoms with Crippen molar-refractivity contribution in [3.05, 3.63) is 29.3 Å². The SMILES string of the molecule is CC(=O)c1ccc2c(c1)NC(=O)NC2. The summed E-state index contributed by atoms with van der Waals surface area (Å²) in [6.07, 6.45) is 0. The summed E-state index contributed by atoms with van der Waals surface area (Å²) >= 11 is 0. The summed E-state index contributed by atoms with van der Waals surface area (Å²) in [6, 6.07) is 5.09. The second-order valence-corrected chi connectivity index (χ2v) is 3.24. The molecule has 2 amide bonds. The van der Waals surface area contributed by atoms with Gasteiger partial charge in [0.25, 0.3) is 0 Å². The van der Waals surface area contributed by atoms with Gasteiger partial charge in [0.15, 0.2) is 5.78 Å². The third-order valence-corrected chi connectivity index (χ3v) is 2.20. The molecule has 1 aromatic carbocycles.